The highest BCUT2D eigenvalue weighted by atomic mass is 127. The topological polar surface area (TPSA) is 56.7 Å². The fourth-order valence-electron chi connectivity index (χ4n) is 2.18. The average molecular weight is 436 g/mol. The van der Waals surface area contributed by atoms with Crippen LogP contribution in [0.2, 0.25) is 0 Å². The third-order valence-electron chi connectivity index (χ3n) is 3.14. The number of rotatable bonds is 2. The van der Waals surface area contributed by atoms with E-state index in [9.17, 15) is 13.2 Å². The summed E-state index contributed by atoms with van der Waals surface area (Å²) < 4.78 is 42.7. The van der Waals surface area contributed by atoms with Crippen molar-refractivity contribution in [2.75, 3.05) is 5.73 Å². The molecule has 1 aromatic carbocycles. The van der Waals surface area contributed by atoms with Gasteiger partial charge in [-0.1, -0.05) is 0 Å². The number of halogens is 4. The third kappa shape index (κ3) is 2.41. The molecule has 0 saturated heterocycles. The molecule has 3 rings (SSSR count). The van der Waals surface area contributed by atoms with Gasteiger partial charge in [-0.25, -0.2) is 23.1 Å². The molecule has 3 aromatic rings. The number of fused-ring (bicyclic) bond motifs is 1. The van der Waals surface area contributed by atoms with E-state index in [4.69, 9.17) is 5.73 Å². The lowest BCUT2D eigenvalue weighted by molar-refractivity contribution is 0.590. The second-order valence-corrected chi connectivity index (χ2v) is 6.27. The smallest absolute Gasteiger partial charge is 0.186 e. The molecular weight excluding hydrogens is 428 g/mol. The van der Waals surface area contributed by atoms with Gasteiger partial charge in [0.2, 0.25) is 0 Å². The van der Waals surface area contributed by atoms with Crippen LogP contribution < -0.4 is 5.73 Å². The fraction of sp³-hybridized carbons (Fsp3) is 0.0769. The largest absolute Gasteiger partial charge is 0.381 e. The lowest BCUT2D eigenvalue weighted by Crippen LogP contribution is -2.02. The van der Waals surface area contributed by atoms with Gasteiger partial charge in [0.1, 0.15) is 5.82 Å². The molecule has 0 aliphatic rings. The lowest BCUT2D eigenvalue weighted by Gasteiger charge is -2.04. The molecule has 0 unspecified atom stereocenters. The zero-order chi connectivity index (χ0) is 16.0. The Hall–Kier alpha value is -1.49. The van der Waals surface area contributed by atoms with Crippen LogP contribution >= 0.6 is 30.3 Å². The Bertz CT molecular complexity index is 874. The van der Waals surface area contributed by atoms with Gasteiger partial charge >= 0.3 is 0 Å². The van der Waals surface area contributed by atoms with Crippen LogP contribution in [-0.4, -0.2) is 13.9 Å². The first-order chi connectivity index (χ1) is 10.4. The van der Waals surface area contributed by atoms with Crippen LogP contribution in [0.4, 0.5) is 19.0 Å². The summed E-state index contributed by atoms with van der Waals surface area (Å²) >= 11 is 1.97. The monoisotopic (exact) mass is 436 g/mol. The van der Waals surface area contributed by atoms with Gasteiger partial charge in [-0.15, -0.1) is 0 Å². The summed E-state index contributed by atoms with van der Waals surface area (Å²) in [6.45, 7) is 1.45. The average Bonchev–Trinajstić information content (AvgIpc) is 2.83. The van der Waals surface area contributed by atoms with Crippen LogP contribution in [0.25, 0.3) is 22.3 Å². The molecule has 0 spiro atoms. The molecule has 0 atom stereocenters. The Morgan fingerprint density at radius 3 is 2.59 bits per heavy atom. The zero-order valence-corrected chi connectivity index (χ0v) is 14.0. The van der Waals surface area contributed by atoms with E-state index in [1.54, 1.807) is 6.20 Å². The van der Waals surface area contributed by atoms with Gasteiger partial charge in [0, 0.05) is 53.5 Å². The minimum absolute atomic E-state index is 0.0717. The molecule has 2 heterocycles. The third-order valence-corrected chi connectivity index (χ3v) is 4.85. The standard InChI is InChI=1S/C13H8F3IN4S/c1-5-10(16)12(18)20-13(19-5)8-4-21(22-17)11-7(8)2-6(14)3-9(11)15/h2-4H,1H3,(H2,18,19,20). The first-order valence-electron chi connectivity index (χ1n) is 6.01. The van der Waals surface area contributed by atoms with E-state index in [1.165, 1.54) is 26.1 Å². The second-order valence-electron chi connectivity index (χ2n) is 4.55. The van der Waals surface area contributed by atoms with Gasteiger partial charge in [-0.2, -0.15) is 0 Å². The number of aryl methyl sites for hydroxylation is 1. The van der Waals surface area contributed by atoms with Crippen LogP contribution in [0.15, 0.2) is 18.3 Å². The van der Waals surface area contributed by atoms with Gasteiger partial charge in [-0.3, -0.25) is 3.97 Å². The molecule has 114 valence electrons. The van der Waals surface area contributed by atoms with Crippen molar-refractivity contribution in [1.29, 1.82) is 0 Å². The number of hydrogen-bond donors (Lipinski definition) is 1. The van der Waals surface area contributed by atoms with Crippen LogP contribution in [0.1, 0.15) is 5.69 Å². The van der Waals surface area contributed by atoms with Crippen molar-refractivity contribution in [3.8, 4) is 11.4 Å². The van der Waals surface area contributed by atoms with Gasteiger partial charge < -0.3 is 5.73 Å². The number of aromatic nitrogens is 3. The molecule has 9 heteroatoms. The predicted octanol–water partition coefficient (Wildman–Crippen LogP) is 4.25. The SMILES string of the molecule is Cc1nc(-c2cn(SI)c3c(F)cc(F)cc23)nc(N)c1F. The van der Waals surface area contributed by atoms with Crippen LogP contribution in [0, 0.1) is 24.4 Å². The maximum absolute atomic E-state index is 14.0. The van der Waals surface area contributed by atoms with E-state index in [0.717, 1.165) is 6.07 Å². The van der Waals surface area contributed by atoms with Crippen LogP contribution in [0.5, 0.6) is 0 Å². The van der Waals surface area contributed by atoms with Gasteiger partial charge in [-0.05, 0) is 13.0 Å². The molecule has 0 aliphatic carbocycles. The summed E-state index contributed by atoms with van der Waals surface area (Å²) in [6.07, 6.45) is 1.57. The van der Waals surface area contributed by atoms with E-state index >= 15 is 0 Å². The molecule has 0 fully saturated rings. The number of benzene rings is 1. The Morgan fingerprint density at radius 1 is 1.23 bits per heavy atom. The first kappa shape index (κ1) is 15.4. The van der Waals surface area contributed by atoms with Crippen molar-refractivity contribution in [2.45, 2.75) is 6.92 Å². The molecule has 0 radical (unpaired) electrons. The Kier molecular flexibility index (Phi) is 3.93. The molecule has 0 saturated carbocycles. The number of hydrogen-bond acceptors (Lipinski definition) is 4. The van der Waals surface area contributed by atoms with Crippen molar-refractivity contribution in [3.05, 3.63) is 41.5 Å². The Morgan fingerprint density at radius 2 is 1.95 bits per heavy atom. The normalized spacial score (nSPS) is 11.3. The lowest BCUT2D eigenvalue weighted by atomic mass is 10.1. The predicted molar refractivity (Wildman–Crippen MR) is 89.0 cm³/mol. The van der Waals surface area contributed by atoms with Crippen molar-refractivity contribution in [2.24, 2.45) is 0 Å². The van der Waals surface area contributed by atoms with E-state index in [2.05, 4.69) is 9.97 Å². The Balaban J connectivity index is 2.36. The molecule has 0 bridgehead atoms. The fourth-order valence-corrected chi connectivity index (χ4v) is 3.51. The second kappa shape index (κ2) is 5.61. The van der Waals surface area contributed by atoms with Crippen LogP contribution in [0.3, 0.4) is 0 Å². The molecule has 0 amide bonds. The summed E-state index contributed by atoms with van der Waals surface area (Å²) in [7, 11) is 1.21. The highest BCUT2D eigenvalue weighted by Crippen LogP contribution is 2.35. The minimum Gasteiger partial charge on any atom is -0.381 e. The number of nitrogens with zero attached hydrogens (tertiary/aromatic N) is 3. The Labute approximate surface area is 139 Å². The molecule has 2 N–H and O–H groups in total. The van der Waals surface area contributed by atoms with Crippen molar-refractivity contribution in [3.63, 3.8) is 0 Å². The van der Waals surface area contributed by atoms with E-state index in [-0.39, 0.29) is 22.9 Å². The van der Waals surface area contributed by atoms with E-state index < -0.39 is 17.5 Å². The summed E-state index contributed by atoms with van der Waals surface area (Å²) in [5.41, 5.74) is 6.18. The van der Waals surface area contributed by atoms with Gasteiger partial charge in [0.05, 0.1) is 11.2 Å². The highest BCUT2D eigenvalue weighted by molar-refractivity contribution is 14.2. The van der Waals surface area contributed by atoms with Crippen molar-refractivity contribution < 1.29 is 13.2 Å². The van der Waals surface area contributed by atoms with Gasteiger partial charge in [0.25, 0.3) is 0 Å². The summed E-state index contributed by atoms with van der Waals surface area (Å²) in [5, 5.41) is 0.298. The minimum atomic E-state index is -0.714. The number of anilines is 1. The quantitative estimate of drug-likeness (QED) is 0.611. The van der Waals surface area contributed by atoms with E-state index in [1.807, 2.05) is 21.2 Å². The zero-order valence-electron chi connectivity index (χ0n) is 11.1. The highest BCUT2D eigenvalue weighted by Gasteiger charge is 2.19. The van der Waals surface area contributed by atoms with Crippen LogP contribution in [-0.2, 0) is 0 Å². The molecule has 4 nitrogen and oxygen atoms in total. The molecule has 2 aromatic heterocycles. The summed E-state index contributed by atoms with van der Waals surface area (Å²) in [4.78, 5) is 7.91. The molecule has 22 heavy (non-hydrogen) atoms. The van der Waals surface area contributed by atoms with E-state index in [0.29, 0.717) is 10.9 Å². The maximum Gasteiger partial charge on any atom is 0.186 e. The molecular formula is C13H8F3IN4S. The summed E-state index contributed by atoms with van der Waals surface area (Å²) in [6, 6.07) is 2.00. The summed E-state index contributed by atoms with van der Waals surface area (Å²) in [5.74, 6) is -2.29. The van der Waals surface area contributed by atoms with Gasteiger partial charge in [0.15, 0.2) is 23.3 Å². The maximum atomic E-state index is 14.0. The van der Waals surface area contributed by atoms with Crippen molar-refractivity contribution in [1.82, 2.24) is 13.9 Å². The molecule has 0 aliphatic heterocycles. The van der Waals surface area contributed by atoms with Crippen molar-refractivity contribution >= 4 is 47.0 Å². The number of nitrogens with two attached hydrogens (primary N) is 1. The first-order valence-corrected chi connectivity index (χ1v) is 9.33. The number of nitrogen functional groups attached to an aromatic ring is 1.